The van der Waals surface area contributed by atoms with Crippen molar-refractivity contribution in [3.63, 3.8) is 0 Å². The highest BCUT2D eigenvalue weighted by molar-refractivity contribution is 5.63. The number of nitrogens with zero attached hydrogens (tertiary/aromatic N) is 1. The van der Waals surface area contributed by atoms with E-state index >= 15 is 0 Å². The van der Waals surface area contributed by atoms with Crippen LogP contribution in [0.2, 0.25) is 0 Å². The van der Waals surface area contributed by atoms with Gasteiger partial charge in [-0.15, -0.1) is 0 Å². The fraction of sp³-hybridized carbons (Fsp3) is 0.0476. The average Bonchev–Trinajstić information content (AvgIpc) is 2.61. The normalized spacial score (nSPS) is 10.1. The van der Waals surface area contributed by atoms with E-state index in [0.717, 1.165) is 6.42 Å². The summed E-state index contributed by atoms with van der Waals surface area (Å²) < 4.78 is 0. The smallest absolute Gasteiger partial charge is 0.0991 e. The van der Waals surface area contributed by atoms with Crippen molar-refractivity contribution < 1.29 is 0 Å². The predicted molar refractivity (Wildman–Crippen MR) is 90.1 cm³/mol. The summed E-state index contributed by atoms with van der Waals surface area (Å²) in [6.45, 7) is 0. The Bertz CT molecular complexity index is 763. The lowest BCUT2D eigenvalue weighted by Gasteiger charge is -2.05. The second-order valence-corrected chi connectivity index (χ2v) is 5.21. The first-order valence-electron chi connectivity index (χ1n) is 7.33. The minimum Gasteiger partial charge on any atom is -0.192 e. The maximum atomic E-state index is 8.80. The van der Waals surface area contributed by atoms with Crippen LogP contribution in [0.25, 0.3) is 11.1 Å². The zero-order chi connectivity index (χ0) is 15.2. The molecule has 1 nitrogen and oxygen atoms in total. The maximum absolute atomic E-state index is 8.80. The zero-order valence-electron chi connectivity index (χ0n) is 12.2. The van der Waals surface area contributed by atoms with Crippen molar-refractivity contribution in [1.82, 2.24) is 0 Å². The molecule has 0 N–H and O–H groups in total. The molecule has 0 saturated heterocycles. The summed E-state index contributed by atoms with van der Waals surface area (Å²) >= 11 is 0. The lowest BCUT2D eigenvalue weighted by Crippen LogP contribution is -1.89. The third kappa shape index (κ3) is 3.42. The molecule has 0 aromatic heterocycles. The molecule has 0 bridgehead atoms. The molecular weight excluding hydrogens is 266 g/mol. The van der Waals surface area contributed by atoms with Gasteiger partial charge in [-0.05, 0) is 47.2 Å². The molecule has 0 amide bonds. The molecule has 1 radical (unpaired) electrons. The first-order valence-corrected chi connectivity index (χ1v) is 7.33. The molecule has 0 aliphatic heterocycles. The van der Waals surface area contributed by atoms with Crippen LogP contribution in [0.5, 0.6) is 0 Å². The van der Waals surface area contributed by atoms with Crippen LogP contribution in [0.4, 0.5) is 0 Å². The summed E-state index contributed by atoms with van der Waals surface area (Å²) in [4.78, 5) is 0. The Hall–Kier alpha value is -2.85. The lowest BCUT2D eigenvalue weighted by atomic mass is 10.00. The van der Waals surface area contributed by atoms with E-state index in [1.165, 1.54) is 22.3 Å². The van der Waals surface area contributed by atoms with Gasteiger partial charge in [0.25, 0.3) is 0 Å². The molecule has 0 atom stereocenters. The second-order valence-electron chi connectivity index (χ2n) is 5.21. The van der Waals surface area contributed by atoms with Crippen LogP contribution in [0, 0.1) is 17.8 Å². The molecule has 3 rings (SSSR count). The molecule has 3 aromatic rings. The predicted octanol–water partition coefficient (Wildman–Crippen LogP) is 5.02. The fourth-order valence-electron chi connectivity index (χ4n) is 2.39. The topological polar surface area (TPSA) is 23.8 Å². The molecule has 1 heteroatoms. The third-order valence-corrected chi connectivity index (χ3v) is 3.67. The average molecular weight is 282 g/mol. The van der Waals surface area contributed by atoms with Crippen LogP contribution >= 0.6 is 0 Å². The van der Waals surface area contributed by atoms with E-state index in [1.807, 2.05) is 30.3 Å². The maximum Gasteiger partial charge on any atom is 0.0991 e. The van der Waals surface area contributed by atoms with Crippen LogP contribution in [0.15, 0.2) is 78.9 Å². The first kappa shape index (κ1) is 14.1. The SMILES string of the molecule is N#Cc1ccc(C[CH]c2ccc(-c3ccccc3)cc2)cc1. The minimum absolute atomic E-state index is 0.705. The van der Waals surface area contributed by atoms with Gasteiger partial charge in [0.1, 0.15) is 0 Å². The number of benzene rings is 3. The van der Waals surface area contributed by atoms with Crippen LogP contribution < -0.4 is 0 Å². The van der Waals surface area contributed by atoms with Crippen LogP contribution in [0.3, 0.4) is 0 Å². The van der Waals surface area contributed by atoms with Crippen molar-refractivity contribution in [3.8, 4) is 17.2 Å². The standard InChI is InChI=1S/C21H16N/c22-16-19-10-8-17(9-11-19)6-7-18-12-14-21(15-13-18)20-4-2-1-3-5-20/h1-5,7-15H,6H2. The fourth-order valence-corrected chi connectivity index (χ4v) is 2.39. The highest BCUT2D eigenvalue weighted by Gasteiger charge is 1.99. The summed E-state index contributed by atoms with van der Waals surface area (Å²) in [6.07, 6.45) is 3.08. The quantitative estimate of drug-likeness (QED) is 0.659. The van der Waals surface area contributed by atoms with Gasteiger partial charge >= 0.3 is 0 Å². The molecular formula is C21H16N. The van der Waals surface area contributed by atoms with E-state index in [1.54, 1.807) is 0 Å². The van der Waals surface area contributed by atoms with Gasteiger partial charge in [-0.3, -0.25) is 0 Å². The zero-order valence-corrected chi connectivity index (χ0v) is 12.2. The summed E-state index contributed by atoms with van der Waals surface area (Å²) in [7, 11) is 0. The van der Waals surface area contributed by atoms with Crippen LogP contribution in [-0.2, 0) is 6.42 Å². The largest absolute Gasteiger partial charge is 0.192 e. The molecule has 0 aliphatic carbocycles. The Morgan fingerprint density at radius 3 is 2.00 bits per heavy atom. The van der Waals surface area contributed by atoms with E-state index in [0.29, 0.717) is 5.56 Å². The van der Waals surface area contributed by atoms with Gasteiger partial charge < -0.3 is 0 Å². The van der Waals surface area contributed by atoms with Gasteiger partial charge in [0.05, 0.1) is 11.6 Å². The number of hydrogen-bond donors (Lipinski definition) is 0. The van der Waals surface area contributed by atoms with Gasteiger partial charge in [-0.1, -0.05) is 66.7 Å². The summed E-state index contributed by atoms with van der Waals surface area (Å²) in [5.74, 6) is 0. The number of hydrogen-bond acceptors (Lipinski definition) is 1. The first-order chi connectivity index (χ1) is 10.8. The Labute approximate surface area is 131 Å². The minimum atomic E-state index is 0.705. The molecule has 0 saturated carbocycles. The molecule has 0 heterocycles. The Balaban J connectivity index is 1.65. The van der Waals surface area contributed by atoms with E-state index < -0.39 is 0 Å². The molecule has 0 fully saturated rings. The summed E-state index contributed by atoms with van der Waals surface area (Å²) in [5, 5.41) is 8.80. The highest BCUT2D eigenvalue weighted by Crippen LogP contribution is 2.20. The Morgan fingerprint density at radius 2 is 1.36 bits per heavy atom. The van der Waals surface area contributed by atoms with Crippen molar-refractivity contribution in [3.05, 3.63) is 102 Å². The van der Waals surface area contributed by atoms with Gasteiger partial charge in [-0.2, -0.15) is 5.26 Å². The van der Waals surface area contributed by atoms with Gasteiger partial charge in [0.15, 0.2) is 0 Å². The van der Waals surface area contributed by atoms with Crippen molar-refractivity contribution in [2.75, 3.05) is 0 Å². The molecule has 0 unspecified atom stereocenters. The van der Waals surface area contributed by atoms with Crippen LogP contribution in [-0.4, -0.2) is 0 Å². The van der Waals surface area contributed by atoms with Crippen molar-refractivity contribution in [2.45, 2.75) is 6.42 Å². The molecule has 22 heavy (non-hydrogen) atoms. The molecule has 105 valence electrons. The van der Waals surface area contributed by atoms with E-state index in [-0.39, 0.29) is 0 Å². The Kier molecular flexibility index (Phi) is 4.32. The van der Waals surface area contributed by atoms with Gasteiger partial charge in [-0.25, -0.2) is 0 Å². The lowest BCUT2D eigenvalue weighted by molar-refractivity contribution is 1.16. The van der Waals surface area contributed by atoms with Crippen molar-refractivity contribution in [2.24, 2.45) is 0 Å². The van der Waals surface area contributed by atoms with E-state index in [4.69, 9.17) is 5.26 Å². The van der Waals surface area contributed by atoms with Crippen molar-refractivity contribution >= 4 is 0 Å². The van der Waals surface area contributed by atoms with Gasteiger partial charge in [0.2, 0.25) is 0 Å². The van der Waals surface area contributed by atoms with E-state index in [2.05, 4.69) is 61.0 Å². The van der Waals surface area contributed by atoms with Crippen molar-refractivity contribution in [1.29, 1.82) is 5.26 Å². The summed E-state index contributed by atoms with van der Waals surface area (Å²) in [5.41, 5.74) is 5.60. The molecule has 0 spiro atoms. The second kappa shape index (κ2) is 6.74. The van der Waals surface area contributed by atoms with Gasteiger partial charge in [0, 0.05) is 0 Å². The highest BCUT2D eigenvalue weighted by atomic mass is 14.2. The monoisotopic (exact) mass is 282 g/mol. The summed E-state index contributed by atoms with van der Waals surface area (Å²) in [6, 6.07) is 28.9. The number of nitriles is 1. The molecule has 0 aliphatic rings. The Morgan fingerprint density at radius 1 is 0.727 bits per heavy atom. The number of rotatable bonds is 4. The van der Waals surface area contributed by atoms with E-state index in [9.17, 15) is 0 Å². The van der Waals surface area contributed by atoms with Crippen LogP contribution in [0.1, 0.15) is 16.7 Å². The third-order valence-electron chi connectivity index (χ3n) is 3.67. The molecule has 3 aromatic carbocycles.